The van der Waals surface area contributed by atoms with Gasteiger partial charge in [0, 0.05) is 48.7 Å². The van der Waals surface area contributed by atoms with Crippen LogP contribution in [-0.4, -0.2) is 47.3 Å². The van der Waals surface area contributed by atoms with Gasteiger partial charge in [0.15, 0.2) is 0 Å². The van der Waals surface area contributed by atoms with Crippen molar-refractivity contribution in [3.63, 3.8) is 0 Å². The van der Waals surface area contributed by atoms with Crippen molar-refractivity contribution < 1.29 is 10.2 Å². The zero-order valence-electron chi connectivity index (χ0n) is 17.4. The summed E-state index contributed by atoms with van der Waals surface area (Å²) in [7, 11) is 0. The Balaban J connectivity index is 1.55. The molecular formula is C24H32N2O2. The van der Waals surface area contributed by atoms with Gasteiger partial charge in [-0.1, -0.05) is 58.0 Å². The number of phenolic OH excluding ortho intramolecular Hbond substituents is 1. The largest absolute Gasteiger partial charge is 0.508 e. The molecule has 0 unspecified atom stereocenters. The van der Waals surface area contributed by atoms with Crippen LogP contribution < -0.4 is 4.90 Å². The van der Waals surface area contributed by atoms with Crippen molar-refractivity contribution in [3.8, 4) is 5.75 Å². The fourth-order valence-electron chi connectivity index (χ4n) is 6.32. The smallest absolute Gasteiger partial charge is 0.115 e. The predicted molar refractivity (Wildman–Crippen MR) is 114 cm³/mol. The van der Waals surface area contributed by atoms with E-state index in [0.717, 1.165) is 31.7 Å². The van der Waals surface area contributed by atoms with Crippen LogP contribution in [0.15, 0.2) is 54.6 Å². The summed E-state index contributed by atoms with van der Waals surface area (Å²) in [6, 6.07) is 18.0. The first kappa shape index (κ1) is 19.3. The van der Waals surface area contributed by atoms with Crippen LogP contribution in [0.2, 0.25) is 0 Å². The number of phenols is 1. The third kappa shape index (κ3) is 2.58. The third-order valence-electron chi connectivity index (χ3n) is 7.30. The van der Waals surface area contributed by atoms with Crippen LogP contribution in [0.1, 0.15) is 33.3 Å². The van der Waals surface area contributed by atoms with Gasteiger partial charge in [-0.2, -0.15) is 0 Å². The first-order valence-electron chi connectivity index (χ1n) is 10.3. The van der Waals surface area contributed by atoms with Gasteiger partial charge in [-0.05, 0) is 29.8 Å². The molecule has 0 amide bonds. The lowest BCUT2D eigenvalue weighted by atomic mass is 9.39. The van der Waals surface area contributed by atoms with Gasteiger partial charge in [-0.25, -0.2) is 0 Å². The molecule has 28 heavy (non-hydrogen) atoms. The minimum atomic E-state index is -0.986. The molecule has 0 spiro atoms. The highest BCUT2D eigenvalue weighted by atomic mass is 16.3. The number of anilines is 1. The Hall–Kier alpha value is -2.04. The molecule has 2 N–H and O–H groups in total. The maximum Gasteiger partial charge on any atom is 0.115 e. The maximum atomic E-state index is 11.8. The molecule has 1 aliphatic carbocycles. The van der Waals surface area contributed by atoms with Crippen LogP contribution in [0.3, 0.4) is 0 Å². The summed E-state index contributed by atoms with van der Waals surface area (Å²) in [4.78, 5) is 4.99. The van der Waals surface area contributed by atoms with Gasteiger partial charge in [-0.15, -0.1) is 0 Å². The molecule has 4 rings (SSSR count). The molecule has 0 radical (unpaired) electrons. The number of benzene rings is 2. The Morgan fingerprint density at radius 2 is 1.43 bits per heavy atom. The van der Waals surface area contributed by atoms with Crippen molar-refractivity contribution in [2.24, 2.45) is 10.8 Å². The first-order chi connectivity index (χ1) is 13.2. The topological polar surface area (TPSA) is 46.9 Å². The van der Waals surface area contributed by atoms with Crippen molar-refractivity contribution in [1.29, 1.82) is 0 Å². The van der Waals surface area contributed by atoms with E-state index in [4.69, 9.17) is 0 Å². The van der Waals surface area contributed by atoms with E-state index in [1.807, 2.05) is 12.1 Å². The maximum absolute atomic E-state index is 11.8. The van der Waals surface area contributed by atoms with E-state index in [9.17, 15) is 10.2 Å². The Labute approximate surface area is 168 Å². The first-order valence-corrected chi connectivity index (χ1v) is 10.3. The molecule has 1 saturated carbocycles. The molecule has 2 aromatic carbocycles. The van der Waals surface area contributed by atoms with E-state index in [2.05, 4.69) is 67.8 Å². The van der Waals surface area contributed by atoms with E-state index in [1.54, 1.807) is 12.1 Å². The lowest BCUT2D eigenvalue weighted by Crippen LogP contribution is -2.79. The zero-order valence-corrected chi connectivity index (χ0v) is 17.4. The van der Waals surface area contributed by atoms with Gasteiger partial charge in [-0.3, -0.25) is 4.90 Å². The number of aromatic hydroxyl groups is 1. The average molecular weight is 381 g/mol. The summed E-state index contributed by atoms with van der Waals surface area (Å²) >= 11 is 0. The lowest BCUT2D eigenvalue weighted by molar-refractivity contribution is -0.307. The molecule has 0 aromatic heterocycles. The van der Waals surface area contributed by atoms with Crippen LogP contribution in [0.25, 0.3) is 0 Å². The van der Waals surface area contributed by atoms with Gasteiger partial charge in [0.05, 0.1) is 0 Å². The molecule has 2 fully saturated rings. The second-order valence-corrected chi connectivity index (χ2v) is 9.47. The van der Waals surface area contributed by atoms with Crippen LogP contribution >= 0.6 is 0 Å². The Bertz CT molecular complexity index is 823. The number of hydrogen-bond acceptors (Lipinski definition) is 4. The minimum Gasteiger partial charge on any atom is -0.508 e. The molecule has 4 nitrogen and oxygen atoms in total. The van der Waals surface area contributed by atoms with Gasteiger partial charge >= 0.3 is 0 Å². The molecule has 2 aliphatic rings. The molecule has 4 heteroatoms. The average Bonchev–Trinajstić information content (AvgIpc) is 2.68. The Morgan fingerprint density at radius 3 is 2.00 bits per heavy atom. The highest BCUT2D eigenvalue weighted by Gasteiger charge is 2.73. The molecular weight excluding hydrogens is 348 g/mol. The summed E-state index contributed by atoms with van der Waals surface area (Å²) in [6.07, 6.45) is 0. The van der Waals surface area contributed by atoms with E-state index in [-0.39, 0.29) is 22.6 Å². The standard InChI is InChI=1S/C24H32N2O2/c1-22(2)21(23(3,4)24(22,28)18-9-8-12-20(27)17-18)26-15-13-25(14-16-26)19-10-6-5-7-11-19/h5-12,17,21,27-28H,13-16H2,1-4H3. The number of nitrogens with zero attached hydrogens (tertiary/aromatic N) is 2. The molecule has 150 valence electrons. The number of rotatable bonds is 3. The zero-order chi connectivity index (χ0) is 20.2. The van der Waals surface area contributed by atoms with Gasteiger partial charge < -0.3 is 15.1 Å². The SMILES string of the molecule is CC1(C)C(N2CCN(c3ccccc3)CC2)C(C)(C)C1(O)c1cccc(O)c1. The van der Waals surface area contributed by atoms with Crippen LogP contribution in [0.5, 0.6) is 5.75 Å². The summed E-state index contributed by atoms with van der Waals surface area (Å²) < 4.78 is 0. The monoisotopic (exact) mass is 380 g/mol. The highest BCUT2D eigenvalue weighted by molar-refractivity contribution is 5.47. The van der Waals surface area contributed by atoms with E-state index in [0.29, 0.717) is 0 Å². The molecule has 0 bridgehead atoms. The summed E-state index contributed by atoms with van der Waals surface area (Å²) in [5.74, 6) is 0.206. The third-order valence-corrected chi connectivity index (χ3v) is 7.30. The van der Waals surface area contributed by atoms with Gasteiger partial charge in [0.1, 0.15) is 11.4 Å². The van der Waals surface area contributed by atoms with E-state index >= 15 is 0 Å². The lowest BCUT2D eigenvalue weighted by Gasteiger charge is -2.72. The van der Waals surface area contributed by atoms with Crippen molar-refractivity contribution >= 4 is 5.69 Å². The number of para-hydroxylation sites is 1. The van der Waals surface area contributed by atoms with E-state index < -0.39 is 5.60 Å². The van der Waals surface area contributed by atoms with Gasteiger partial charge in [0.25, 0.3) is 0 Å². The number of aliphatic hydroxyl groups is 1. The molecule has 1 saturated heterocycles. The Morgan fingerprint density at radius 1 is 0.821 bits per heavy atom. The fourth-order valence-corrected chi connectivity index (χ4v) is 6.32. The highest BCUT2D eigenvalue weighted by Crippen LogP contribution is 2.68. The van der Waals surface area contributed by atoms with Gasteiger partial charge in [0.2, 0.25) is 0 Å². The minimum absolute atomic E-state index is 0.206. The molecule has 0 atom stereocenters. The number of piperazine rings is 1. The second-order valence-electron chi connectivity index (χ2n) is 9.47. The van der Waals surface area contributed by atoms with Crippen molar-refractivity contribution in [1.82, 2.24) is 4.90 Å². The van der Waals surface area contributed by atoms with Crippen molar-refractivity contribution in [3.05, 3.63) is 60.2 Å². The predicted octanol–water partition coefficient (Wildman–Crippen LogP) is 3.84. The van der Waals surface area contributed by atoms with Crippen molar-refractivity contribution in [2.75, 3.05) is 31.1 Å². The van der Waals surface area contributed by atoms with Crippen LogP contribution in [0, 0.1) is 10.8 Å². The normalized spacial score (nSPS) is 29.3. The quantitative estimate of drug-likeness (QED) is 0.849. The van der Waals surface area contributed by atoms with Crippen LogP contribution in [0.4, 0.5) is 5.69 Å². The molecule has 1 aliphatic heterocycles. The molecule has 2 aromatic rings. The fraction of sp³-hybridized carbons (Fsp3) is 0.500. The number of hydrogen-bond donors (Lipinski definition) is 2. The summed E-state index contributed by atoms with van der Waals surface area (Å²) in [5, 5.41) is 21.8. The molecule has 1 heterocycles. The summed E-state index contributed by atoms with van der Waals surface area (Å²) in [6.45, 7) is 12.6. The Kier molecular flexibility index (Phi) is 4.48. The van der Waals surface area contributed by atoms with Crippen molar-refractivity contribution in [2.45, 2.75) is 39.3 Å². The summed E-state index contributed by atoms with van der Waals surface area (Å²) in [5.41, 5.74) is 0.463. The van der Waals surface area contributed by atoms with E-state index in [1.165, 1.54) is 5.69 Å². The second kappa shape index (κ2) is 6.50. The van der Waals surface area contributed by atoms with Crippen LogP contribution in [-0.2, 0) is 5.60 Å².